The first-order valence-corrected chi connectivity index (χ1v) is 6.09. The van der Waals surface area contributed by atoms with Gasteiger partial charge in [-0.15, -0.1) is 0 Å². The highest BCUT2D eigenvalue weighted by Gasteiger charge is 2.13. The third-order valence-corrected chi connectivity index (χ3v) is 2.84. The topological polar surface area (TPSA) is 72.2 Å². The van der Waals surface area contributed by atoms with Crippen molar-refractivity contribution in [3.8, 4) is 0 Å². The van der Waals surface area contributed by atoms with Gasteiger partial charge in [0.05, 0.1) is 0 Å². The average Bonchev–Trinajstić information content (AvgIpc) is 2.29. The quantitative estimate of drug-likeness (QED) is 0.839. The molecule has 1 rings (SSSR count). The minimum Gasteiger partial charge on any atom is -0.369 e. The lowest BCUT2D eigenvalue weighted by Gasteiger charge is -2.10. The number of hydrogen-bond donors (Lipinski definition) is 2. The maximum Gasteiger partial charge on any atom is 0.225 e. The molecule has 18 heavy (non-hydrogen) atoms. The summed E-state index contributed by atoms with van der Waals surface area (Å²) < 4.78 is 0. The molecule has 1 atom stereocenters. The number of rotatable bonds is 5. The normalized spacial score (nSPS) is 12.2. The van der Waals surface area contributed by atoms with Crippen molar-refractivity contribution in [2.24, 2.45) is 11.7 Å². The molecule has 0 aromatic heterocycles. The fraction of sp³-hybridized carbons (Fsp3) is 0.429. The van der Waals surface area contributed by atoms with Crippen LogP contribution < -0.4 is 11.1 Å². The molecule has 1 aromatic carbocycles. The number of carbonyl (C=O) groups excluding carboxylic acids is 2. The van der Waals surface area contributed by atoms with Crippen LogP contribution in [0.15, 0.2) is 24.3 Å². The SMILES string of the molecule is CC(CC(=O)Nc1ccc(C(C)C)cc1)C(N)=O. The Hall–Kier alpha value is -1.84. The molecule has 1 aromatic rings. The van der Waals surface area contributed by atoms with Crippen LogP contribution in [0.2, 0.25) is 0 Å². The van der Waals surface area contributed by atoms with Gasteiger partial charge in [0, 0.05) is 18.0 Å². The molecule has 0 bridgehead atoms. The van der Waals surface area contributed by atoms with Crippen molar-refractivity contribution in [1.82, 2.24) is 0 Å². The number of amides is 2. The van der Waals surface area contributed by atoms with Gasteiger partial charge >= 0.3 is 0 Å². The van der Waals surface area contributed by atoms with Crippen LogP contribution in [0.4, 0.5) is 5.69 Å². The minimum absolute atomic E-state index is 0.112. The molecule has 0 saturated heterocycles. The first-order valence-electron chi connectivity index (χ1n) is 6.09. The van der Waals surface area contributed by atoms with Gasteiger partial charge in [0.1, 0.15) is 0 Å². The van der Waals surface area contributed by atoms with Gasteiger partial charge in [0.15, 0.2) is 0 Å². The van der Waals surface area contributed by atoms with E-state index in [1.165, 1.54) is 5.56 Å². The van der Waals surface area contributed by atoms with Crippen molar-refractivity contribution in [2.45, 2.75) is 33.1 Å². The van der Waals surface area contributed by atoms with Crippen LogP contribution in [-0.4, -0.2) is 11.8 Å². The van der Waals surface area contributed by atoms with Gasteiger partial charge in [0.25, 0.3) is 0 Å². The zero-order chi connectivity index (χ0) is 13.7. The minimum atomic E-state index is -0.458. The molecular weight excluding hydrogens is 228 g/mol. The lowest BCUT2D eigenvalue weighted by molar-refractivity contribution is -0.125. The zero-order valence-electron chi connectivity index (χ0n) is 11.1. The van der Waals surface area contributed by atoms with Crippen molar-refractivity contribution < 1.29 is 9.59 Å². The largest absolute Gasteiger partial charge is 0.369 e. The third kappa shape index (κ3) is 4.20. The maximum absolute atomic E-state index is 11.6. The predicted octanol–water partition coefficient (Wildman–Crippen LogP) is 2.26. The molecule has 4 heteroatoms. The van der Waals surface area contributed by atoms with E-state index in [2.05, 4.69) is 19.2 Å². The lowest BCUT2D eigenvalue weighted by Crippen LogP contribution is -2.25. The molecule has 0 fully saturated rings. The van der Waals surface area contributed by atoms with E-state index in [0.29, 0.717) is 5.92 Å². The molecule has 0 aliphatic carbocycles. The van der Waals surface area contributed by atoms with Crippen LogP contribution in [0.5, 0.6) is 0 Å². The molecule has 0 saturated carbocycles. The van der Waals surface area contributed by atoms with Gasteiger partial charge in [-0.3, -0.25) is 9.59 Å². The number of primary amides is 1. The van der Waals surface area contributed by atoms with Crippen LogP contribution >= 0.6 is 0 Å². The van der Waals surface area contributed by atoms with E-state index >= 15 is 0 Å². The number of nitrogens with two attached hydrogens (primary N) is 1. The zero-order valence-corrected chi connectivity index (χ0v) is 11.1. The summed E-state index contributed by atoms with van der Waals surface area (Å²) in [5, 5.41) is 2.75. The van der Waals surface area contributed by atoms with E-state index in [1.54, 1.807) is 6.92 Å². The maximum atomic E-state index is 11.6. The number of benzene rings is 1. The van der Waals surface area contributed by atoms with Gasteiger partial charge in [-0.1, -0.05) is 32.9 Å². The van der Waals surface area contributed by atoms with Crippen molar-refractivity contribution in [3.05, 3.63) is 29.8 Å². The van der Waals surface area contributed by atoms with E-state index in [9.17, 15) is 9.59 Å². The molecule has 0 aliphatic heterocycles. The molecule has 2 amide bonds. The molecule has 0 aliphatic rings. The number of hydrogen-bond acceptors (Lipinski definition) is 2. The van der Waals surface area contributed by atoms with E-state index in [1.807, 2.05) is 24.3 Å². The monoisotopic (exact) mass is 248 g/mol. The summed E-state index contributed by atoms with van der Waals surface area (Å²) in [6.45, 7) is 5.87. The Kier molecular flexibility index (Phi) is 4.89. The summed E-state index contributed by atoms with van der Waals surface area (Å²) in [4.78, 5) is 22.5. The Labute approximate surface area is 108 Å². The number of nitrogens with one attached hydrogen (secondary N) is 1. The average molecular weight is 248 g/mol. The second-order valence-corrected chi connectivity index (χ2v) is 4.83. The van der Waals surface area contributed by atoms with Crippen LogP contribution in [0.1, 0.15) is 38.7 Å². The van der Waals surface area contributed by atoms with Crippen molar-refractivity contribution in [2.75, 3.05) is 5.32 Å². The van der Waals surface area contributed by atoms with Crippen LogP contribution in [0.3, 0.4) is 0 Å². The Morgan fingerprint density at radius 2 is 1.72 bits per heavy atom. The molecule has 98 valence electrons. The van der Waals surface area contributed by atoms with Gasteiger partial charge in [0.2, 0.25) is 11.8 Å². The van der Waals surface area contributed by atoms with Gasteiger partial charge < -0.3 is 11.1 Å². The summed E-state index contributed by atoms with van der Waals surface area (Å²) >= 11 is 0. The van der Waals surface area contributed by atoms with Crippen LogP contribution in [0, 0.1) is 5.92 Å². The smallest absolute Gasteiger partial charge is 0.225 e. The van der Waals surface area contributed by atoms with Gasteiger partial charge in [-0.2, -0.15) is 0 Å². The Morgan fingerprint density at radius 1 is 1.17 bits per heavy atom. The fourth-order valence-electron chi connectivity index (χ4n) is 1.54. The fourth-order valence-corrected chi connectivity index (χ4v) is 1.54. The van der Waals surface area contributed by atoms with E-state index in [0.717, 1.165) is 5.69 Å². The van der Waals surface area contributed by atoms with Crippen LogP contribution in [-0.2, 0) is 9.59 Å². The standard InChI is InChI=1S/C14H20N2O2/c1-9(2)11-4-6-12(7-5-11)16-13(17)8-10(3)14(15)18/h4-7,9-10H,8H2,1-3H3,(H2,15,18)(H,16,17). The highest BCUT2D eigenvalue weighted by atomic mass is 16.2. The van der Waals surface area contributed by atoms with Crippen molar-refractivity contribution in [3.63, 3.8) is 0 Å². The van der Waals surface area contributed by atoms with Gasteiger partial charge in [-0.25, -0.2) is 0 Å². The van der Waals surface area contributed by atoms with E-state index < -0.39 is 11.8 Å². The molecule has 0 heterocycles. The summed E-state index contributed by atoms with van der Waals surface area (Å²) in [5.41, 5.74) is 7.07. The lowest BCUT2D eigenvalue weighted by atomic mass is 10.0. The first-order chi connectivity index (χ1) is 8.40. The van der Waals surface area contributed by atoms with Gasteiger partial charge in [-0.05, 0) is 23.6 Å². The summed E-state index contributed by atoms with van der Waals surface area (Å²) in [6.07, 6.45) is 0.112. The Morgan fingerprint density at radius 3 is 2.17 bits per heavy atom. The third-order valence-electron chi connectivity index (χ3n) is 2.84. The number of carbonyl (C=O) groups is 2. The van der Waals surface area contributed by atoms with E-state index in [-0.39, 0.29) is 12.3 Å². The van der Waals surface area contributed by atoms with Crippen molar-refractivity contribution >= 4 is 17.5 Å². The molecule has 0 spiro atoms. The molecular formula is C14H20N2O2. The van der Waals surface area contributed by atoms with Crippen LogP contribution in [0.25, 0.3) is 0 Å². The molecule has 0 radical (unpaired) electrons. The molecule has 4 nitrogen and oxygen atoms in total. The number of anilines is 1. The van der Waals surface area contributed by atoms with Crippen molar-refractivity contribution in [1.29, 1.82) is 0 Å². The molecule has 3 N–H and O–H groups in total. The highest BCUT2D eigenvalue weighted by molar-refractivity contribution is 5.93. The molecule has 1 unspecified atom stereocenters. The first kappa shape index (κ1) is 14.2. The second-order valence-electron chi connectivity index (χ2n) is 4.83. The summed E-state index contributed by atoms with van der Waals surface area (Å²) in [5.74, 6) is -0.636. The summed E-state index contributed by atoms with van der Waals surface area (Å²) in [6, 6.07) is 7.69. The highest BCUT2D eigenvalue weighted by Crippen LogP contribution is 2.17. The predicted molar refractivity (Wildman–Crippen MR) is 72.1 cm³/mol. The van der Waals surface area contributed by atoms with E-state index in [4.69, 9.17) is 5.73 Å². The Bertz CT molecular complexity index is 424. The second kappa shape index (κ2) is 6.19. The Balaban J connectivity index is 2.57. The summed E-state index contributed by atoms with van der Waals surface area (Å²) in [7, 11) is 0.